The number of benzene rings is 2. The Balaban J connectivity index is 1.69. The van der Waals surface area contributed by atoms with Crippen molar-refractivity contribution >= 4 is 25.7 Å². The molecule has 2 aliphatic rings. The average molecular weight is 425 g/mol. The molecule has 150 valence electrons. The number of nitrogens with zero attached hydrogens (tertiary/aromatic N) is 2. The van der Waals surface area contributed by atoms with Crippen LogP contribution in [0.5, 0.6) is 0 Å². The van der Waals surface area contributed by atoms with Crippen LogP contribution in [0.15, 0.2) is 52.3 Å². The molecule has 0 unspecified atom stereocenters. The second-order valence-electron chi connectivity index (χ2n) is 7.01. The van der Waals surface area contributed by atoms with Crippen molar-refractivity contribution in [3.05, 3.63) is 53.8 Å². The van der Waals surface area contributed by atoms with E-state index in [1.165, 1.54) is 34.6 Å². The van der Waals surface area contributed by atoms with Gasteiger partial charge in [-0.15, -0.1) is 0 Å². The molecule has 9 heteroatoms. The molecule has 0 radical (unpaired) electrons. The summed E-state index contributed by atoms with van der Waals surface area (Å²) in [7, 11) is -7.61. The molecule has 0 bridgehead atoms. The van der Waals surface area contributed by atoms with Gasteiger partial charge in [0.2, 0.25) is 10.0 Å². The van der Waals surface area contributed by atoms with Crippen LogP contribution >= 0.6 is 0 Å². The number of anilines is 1. The summed E-state index contributed by atoms with van der Waals surface area (Å²) in [5.74, 6) is -0.575. The van der Waals surface area contributed by atoms with Crippen molar-refractivity contribution in [2.45, 2.75) is 35.5 Å². The molecule has 1 saturated heterocycles. The van der Waals surface area contributed by atoms with Crippen LogP contribution in [0.3, 0.4) is 0 Å². The van der Waals surface area contributed by atoms with E-state index >= 15 is 0 Å². The average Bonchev–Trinajstić information content (AvgIpc) is 3.24. The topological polar surface area (TPSA) is 74.8 Å². The van der Waals surface area contributed by atoms with E-state index in [0.29, 0.717) is 31.5 Å². The van der Waals surface area contributed by atoms with Crippen molar-refractivity contribution in [1.82, 2.24) is 4.31 Å². The standard InChI is InChI=1S/C19H21FN2O4S2/c20-18-7-3-5-15-6-4-14-22(19(15)18)28(25,26)17-10-8-16(9-11-17)27(23,24)21-12-1-2-13-21/h3,5,7-11H,1-2,4,6,12-14H2. The Morgan fingerprint density at radius 3 is 2.00 bits per heavy atom. The molecule has 2 heterocycles. The van der Waals surface area contributed by atoms with E-state index in [-0.39, 0.29) is 22.0 Å². The highest BCUT2D eigenvalue weighted by atomic mass is 32.2. The molecule has 0 aliphatic carbocycles. The number of fused-ring (bicyclic) bond motifs is 1. The zero-order chi connectivity index (χ0) is 19.9. The predicted molar refractivity (Wildman–Crippen MR) is 104 cm³/mol. The van der Waals surface area contributed by atoms with Crippen molar-refractivity contribution in [2.75, 3.05) is 23.9 Å². The van der Waals surface area contributed by atoms with Gasteiger partial charge >= 0.3 is 0 Å². The van der Waals surface area contributed by atoms with Crippen LogP contribution in [-0.4, -0.2) is 40.8 Å². The number of sulfonamides is 2. The van der Waals surface area contributed by atoms with Gasteiger partial charge in [-0.05, 0) is 61.6 Å². The van der Waals surface area contributed by atoms with E-state index in [1.54, 1.807) is 12.1 Å². The van der Waals surface area contributed by atoms with Gasteiger partial charge in [-0.1, -0.05) is 12.1 Å². The SMILES string of the molecule is O=S(=O)(c1ccc(S(=O)(=O)N2CCCc3cccc(F)c32)cc1)N1CCCC1. The molecule has 0 saturated carbocycles. The minimum absolute atomic E-state index is 0.0519. The third-order valence-corrected chi connectivity index (χ3v) is 8.97. The molecule has 4 rings (SSSR count). The number of rotatable bonds is 4. The second-order valence-corrected chi connectivity index (χ2v) is 10.8. The van der Waals surface area contributed by atoms with Gasteiger partial charge in [0.25, 0.3) is 10.0 Å². The lowest BCUT2D eigenvalue weighted by Crippen LogP contribution is -2.36. The maximum Gasteiger partial charge on any atom is 0.264 e. The maximum absolute atomic E-state index is 14.4. The summed E-state index contributed by atoms with van der Waals surface area (Å²) in [6, 6.07) is 9.74. The summed E-state index contributed by atoms with van der Waals surface area (Å²) in [5, 5.41) is 0. The summed E-state index contributed by atoms with van der Waals surface area (Å²) >= 11 is 0. The third-order valence-electron chi connectivity index (χ3n) is 5.24. The van der Waals surface area contributed by atoms with Gasteiger partial charge < -0.3 is 0 Å². The highest BCUT2D eigenvalue weighted by Gasteiger charge is 2.32. The first kappa shape index (κ1) is 19.4. The van der Waals surface area contributed by atoms with Crippen LogP contribution in [-0.2, 0) is 26.5 Å². The lowest BCUT2D eigenvalue weighted by Gasteiger charge is -2.30. The van der Waals surface area contributed by atoms with E-state index in [2.05, 4.69) is 0 Å². The highest BCUT2D eigenvalue weighted by Crippen LogP contribution is 2.34. The molecule has 2 aliphatic heterocycles. The lowest BCUT2D eigenvalue weighted by molar-refractivity contribution is 0.477. The Kier molecular flexibility index (Phi) is 4.93. The molecule has 28 heavy (non-hydrogen) atoms. The first-order valence-corrected chi connectivity index (χ1v) is 12.1. The Hall–Kier alpha value is -1.97. The van der Waals surface area contributed by atoms with Crippen molar-refractivity contribution in [1.29, 1.82) is 0 Å². The van der Waals surface area contributed by atoms with Gasteiger partial charge in [-0.25, -0.2) is 21.2 Å². The normalized spacial score (nSPS) is 18.2. The van der Waals surface area contributed by atoms with Gasteiger partial charge in [0.1, 0.15) is 5.82 Å². The quantitative estimate of drug-likeness (QED) is 0.756. The summed E-state index contributed by atoms with van der Waals surface area (Å²) in [5.41, 5.74) is 0.741. The van der Waals surface area contributed by atoms with Gasteiger partial charge in [-0.2, -0.15) is 4.31 Å². The summed E-state index contributed by atoms with van der Waals surface area (Å²) in [4.78, 5) is 0.0162. The van der Waals surface area contributed by atoms with Gasteiger partial charge in [-0.3, -0.25) is 4.31 Å². The number of halogens is 1. The first-order chi connectivity index (χ1) is 13.3. The molecule has 0 N–H and O–H groups in total. The van der Waals surface area contributed by atoms with Crippen LogP contribution in [0.1, 0.15) is 24.8 Å². The molecule has 2 aromatic rings. The Morgan fingerprint density at radius 2 is 1.36 bits per heavy atom. The van der Waals surface area contributed by atoms with Crippen LogP contribution in [0.2, 0.25) is 0 Å². The summed E-state index contributed by atoms with van der Waals surface area (Å²) < 4.78 is 68.3. The van der Waals surface area contributed by atoms with Crippen LogP contribution < -0.4 is 4.31 Å². The Labute approximate surface area is 164 Å². The number of aryl methyl sites for hydroxylation is 1. The minimum atomic E-state index is -3.99. The fraction of sp³-hybridized carbons (Fsp3) is 0.368. The lowest BCUT2D eigenvalue weighted by atomic mass is 10.0. The predicted octanol–water partition coefficient (Wildman–Crippen LogP) is 2.75. The van der Waals surface area contributed by atoms with E-state index < -0.39 is 25.9 Å². The van der Waals surface area contributed by atoms with Gasteiger partial charge in [0.15, 0.2) is 0 Å². The smallest absolute Gasteiger partial charge is 0.263 e. The zero-order valence-corrected chi connectivity index (χ0v) is 16.8. The van der Waals surface area contributed by atoms with Crippen LogP contribution in [0, 0.1) is 5.82 Å². The van der Waals surface area contributed by atoms with E-state index in [0.717, 1.165) is 17.1 Å². The van der Waals surface area contributed by atoms with Crippen molar-refractivity contribution in [3.8, 4) is 0 Å². The molecule has 0 aromatic heterocycles. The van der Waals surface area contributed by atoms with Crippen LogP contribution in [0.4, 0.5) is 10.1 Å². The molecule has 0 spiro atoms. The van der Waals surface area contributed by atoms with E-state index in [4.69, 9.17) is 0 Å². The number of hydrogen-bond donors (Lipinski definition) is 0. The molecule has 1 fully saturated rings. The molecule has 6 nitrogen and oxygen atoms in total. The third kappa shape index (κ3) is 3.21. The zero-order valence-electron chi connectivity index (χ0n) is 15.2. The van der Waals surface area contributed by atoms with Gasteiger partial charge in [0, 0.05) is 19.6 Å². The van der Waals surface area contributed by atoms with Crippen molar-refractivity contribution in [3.63, 3.8) is 0 Å². The Bertz CT molecular complexity index is 1090. The fourth-order valence-electron chi connectivity index (χ4n) is 3.79. The van der Waals surface area contributed by atoms with Gasteiger partial charge in [0.05, 0.1) is 15.5 Å². The molecule has 0 amide bonds. The minimum Gasteiger partial charge on any atom is -0.263 e. The maximum atomic E-state index is 14.4. The number of hydrogen-bond acceptors (Lipinski definition) is 4. The van der Waals surface area contributed by atoms with E-state index in [9.17, 15) is 21.2 Å². The molecule has 0 atom stereocenters. The first-order valence-electron chi connectivity index (χ1n) is 9.22. The summed E-state index contributed by atoms with van der Waals surface area (Å²) in [6.45, 7) is 1.14. The molecular formula is C19H21FN2O4S2. The second kappa shape index (κ2) is 7.13. The monoisotopic (exact) mass is 424 g/mol. The number of para-hydroxylation sites is 1. The fourth-order valence-corrected chi connectivity index (χ4v) is 6.86. The van der Waals surface area contributed by atoms with Crippen molar-refractivity contribution in [2.24, 2.45) is 0 Å². The Morgan fingerprint density at radius 1 is 0.750 bits per heavy atom. The highest BCUT2D eigenvalue weighted by molar-refractivity contribution is 7.93. The van der Waals surface area contributed by atoms with Crippen molar-refractivity contribution < 1.29 is 21.2 Å². The van der Waals surface area contributed by atoms with Crippen LogP contribution in [0.25, 0.3) is 0 Å². The summed E-state index contributed by atoms with van der Waals surface area (Å²) in [6.07, 6.45) is 2.86. The van der Waals surface area contributed by atoms with E-state index in [1.807, 2.05) is 0 Å². The molecular weight excluding hydrogens is 403 g/mol. The molecule has 2 aromatic carbocycles. The largest absolute Gasteiger partial charge is 0.264 e.